The zero-order valence-corrected chi connectivity index (χ0v) is 11.6. The Hall–Kier alpha value is -2.89. The van der Waals surface area contributed by atoms with E-state index in [2.05, 4.69) is 20.5 Å². The van der Waals surface area contributed by atoms with Crippen molar-refractivity contribution in [3.63, 3.8) is 0 Å². The van der Waals surface area contributed by atoms with Crippen molar-refractivity contribution in [3.8, 4) is 5.69 Å². The lowest BCUT2D eigenvalue weighted by molar-refractivity contribution is 0.0946. The first-order chi connectivity index (χ1) is 10.2. The number of nitrogens with zero attached hydrogens (tertiary/aromatic N) is 3. The molecule has 0 aliphatic rings. The molecule has 3 rings (SSSR count). The van der Waals surface area contributed by atoms with Crippen molar-refractivity contribution in [2.75, 3.05) is 0 Å². The van der Waals surface area contributed by atoms with Crippen LogP contribution in [0.1, 0.15) is 21.7 Å². The average molecular weight is 281 g/mol. The van der Waals surface area contributed by atoms with Crippen LogP contribution in [0.4, 0.5) is 0 Å². The molecule has 2 aromatic heterocycles. The Morgan fingerprint density at radius 1 is 1.38 bits per heavy atom. The lowest BCUT2D eigenvalue weighted by atomic mass is 10.1. The number of amides is 1. The number of aromatic nitrogens is 4. The van der Waals surface area contributed by atoms with E-state index in [1.54, 1.807) is 18.6 Å². The van der Waals surface area contributed by atoms with Crippen LogP contribution in [0, 0.1) is 6.92 Å². The molecular formula is C15H15N5O. The molecule has 0 saturated heterocycles. The van der Waals surface area contributed by atoms with Gasteiger partial charge in [-0.25, -0.2) is 4.98 Å². The van der Waals surface area contributed by atoms with Gasteiger partial charge in [0.2, 0.25) is 0 Å². The molecule has 1 aromatic carbocycles. The molecule has 1 amide bonds. The second kappa shape index (κ2) is 5.62. The van der Waals surface area contributed by atoms with Crippen LogP contribution < -0.4 is 5.32 Å². The van der Waals surface area contributed by atoms with Crippen molar-refractivity contribution < 1.29 is 4.79 Å². The number of H-pyrrole nitrogens is 1. The fraction of sp³-hybridized carbons (Fsp3) is 0.133. The molecule has 0 fully saturated rings. The monoisotopic (exact) mass is 281 g/mol. The molecule has 21 heavy (non-hydrogen) atoms. The summed E-state index contributed by atoms with van der Waals surface area (Å²) < 4.78 is 1.92. The van der Waals surface area contributed by atoms with Crippen LogP contribution in [-0.2, 0) is 6.54 Å². The molecule has 2 heterocycles. The SMILES string of the molecule is Cc1cc(C(=O)NCc2ccccc2-n2ccnc2)n[nH]1. The van der Waals surface area contributed by atoms with Crippen molar-refractivity contribution >= 4 is 5.91 Å². The number of carbonyl (C=O) groups excluding carboxylic acids is 1. The summed E-state index contributed by atoms with van der Waals surface area (Å²) in [5.74, 6) is -0.195. The highest BCUT2D eigenvalue weighted by atomic mass is 16.1. The molecule has 0 bridgehead atoms. The second-order valence-electron chi connectivity index (χ2n) is 4.72. The maximum Gasteiger partial charge on any atom is 0.272 e. The summed E-state index contributed by atoms with van der Waals surface area (Å²) in [6.45, 7) is 2.29. The number of hydrogen-bond donors (Lipinski definition) is 2. The molecule has 0 radical (unpaired) electrons. The van der Waals surface area contributed by atoms with Gasteiger partial charge in [-0.1, -0.05) is 18.2 Å². The van der Waals surface area contributed by atoms with E-state index in [1.807, 2.05) is 42.0 Å². The molecular weight excluding hydrogens is 266 g/mol. The number of aromatic amines is 1. The average Bonchev–Trinajstić information content (AvgIpc) is 3.16. The molecule has 6 heteroatoms. The Balaban J connectivity index is 1.75. The van der Waals surface area contributed by atoms with Crippen molar-refractivity contribution in [1.82, 2.24) is 25.1 Å². The van der Waals surface area contributed by atoms with Gasteiger partial charge in [0.1, 0.15) is 5.69 Å². The van der Waals surface area contributed by atoms with Gasteiger partial charge in [0.15, 0.2) is 0 Å². The van der Waals surface area contributed by atoms with Crippen LogP contribution in [0.25, 0.3) is 5.69 Å². The van der Waals surface area contributed by atoms with Crippen molar-refractivity contribution in [2.45, 2.75) is 13.5 Å². The van der Waals surface area contributed by atoms with E-state index in [0.717, 1.165) is 16.9 Å². The number of para-hydroxylation sites is 1. The number of carbonyl (C=O) groups is 1. The van der Waals surface area contributed by atoms with E-state index in [0.29, 0.717) is 12.2 Å². The number of aryl methyl sites for hydroxylation is 1. The minimum atomic E-state index is -0.195. The van der Waals surface area contributed by atoms with Gasteiger partial charge in [0.25, 0.3) is 5.91 Å². The van der Waals surface area contributed by atoms with Crippen molar-refractivity contribution in [2.24, 2.45) is 0 Å². The van der Waals surface area contributed by atoms with Gasteiger partial charge in [-0.05, 0) is 24.6 Å². The fourth-order valence-electron chi connectivity index (χ4n) is 2.11. The molecule has 0 unspecified atom stereocenters. The summed E-state index contributed by atoms with van der Waals surface area (Å²) in [5, 5.41) is 9.58. The predicted octanol–water partition coefficient (Wildman–Crippen LogP) is 1.83. The van der Waals surface area contributed by atoms with Crippen LogP contribution >= 0.6 is 0 Å². The molecule has 6 nitrogen and oxygen atoms in total. The van der Waals surface area contributed by atoms with Gasteiger partial charge in [0, 0.05) is 24.6 Å². The summed E-state index contributed by atoms with van der Waals surface area (Å²) in [4.78, 5) is 16.1. The smallest absolute Gasteiger partial charge is 0.272 e. The molecule has 0 atom stereocenters. The lowest BCUT2D eigenvalue weighted by Crippen LogP contribution is -2.23. The zero-order chi connectivity index (χ0) is 14.7. The van der Waals surface area contributed by atoms with E-state index in [-0.39, 0.29) is 5.91 Å². The first kappa shape index (κ1) is 13.1. The Labute approximate surface area is 121 Å². The largest absolute Gasteiger partial charge is 0.346 e. The maximum atomic E-state index is 12.0. The van der Waals surface area contributed by atoms with E-state index in [9.17, 15) is 4.79 Å². The fourth-order valence-corrected chi connectivity index (χ4v) is 2.11. The topological polar surface area (TPSA) is 75.6 Å². The predicted molar refractivity (Wildman–Crippen MR) is 78.1 cm³/mol. The number of hydrogen-bond acceptors (Lipinski definition) is 3. The summed E-state index contributed by atoms with van der Waals surface area (Å²) in [6.07, 6.45) is 5.33. The molecule has 2 N–H and O–H groups in total. The van der Waals surface area contributed by atoms with Crippen LogP contribution in [0.5, 0.6) is 0 Å². The van der Waals surface area contributed by atoms with E-state index < -0.39 is 0 Å². The third-order valence-electron chi connectivity index (χ3n) is 3.15. The van der Waals surface area contributed by atoms with Crippen molar-refractivity contribution in [3.05, 3.63) is 66.0 Å². The highest BCUT2D eigenvalue weighted by Gasteiger charge is 2.10. The van der Waals surface area contributed by atoms with Gasteiger partial charge in [-0.15, -0.1) is 0 Å². The van der Waals surface area contributed by atoms with Gasteiger partial charge in [0.05, 0.1) is 12.0 Å². The minimum Gasteiger partial charge on any atom is -0.346 e. The van der Waals surface area contributed by atoms with Gasteiger partial charge in [-0.2, -0.15) is 5.10 Å². The quantitative estimate of drug-likeness (QED) is 0.766. The van der Waals surface area contributed by atoms with Crippen molar-refractivity contribution in [1.29, 1.82) is 0 Å². The molecule has 3 aromatic rings. The van der Waals surface area contributed by atoms with Crippen LogP contribution in [0.3, 0.4) is 0 Å². The first-order valence-electron chi connectivity index (χ1n) is 6.60. The number of nitrogens with one attached hydrogen (secondary N) is 2. The number of rotatable bonds is 4. The Bertz CT molecular complexity index is 745. The summed E-state index contributed by atoms with van der Waals surface area (Å²) >= 11 is 0. The highest BCUT2D eigenvalue weighted by Crippen LogP contribution is 2.14. The lowest BCUT2D eigenvalue weighted by Gasteiger charge is -2.10. The number of imidazole rings is 1. The Morgan fingerprint density at radius 3 is 2.95 bits per heavy atom. The summed E-state index contributed by atoms with van der Waals surface area (Å²) in [5.41, 5.74) is 3.26. The van der Waals surface area contributed by atoms with Gasteiger partial charge < -0.3 is 9.88 Å². The van der Waals surface area contributed by atoms with E-state index in [1.165, 1.54) is 0 Å². The molecule has 0 aliphatic carbocycles. The normalized spacial score (nSPS) is 10.5. The third kappa shape index (κ3) is 2.84. The highest BCUT2D eigenvalue weighted by molar-refractivity contribution is 5.92. The third-order valence-corrected chi connectivity index (χ3v) is 3.15. The van der Waals surface area contributed by atoms with Crippen LogP contribution in [0.15, 0.2) is 49.1 Å². The van der Waals surface area contributed by atoms with Gasteiger partial charge in [-0.3, -0.25) is 9.89 Å². The second-order valence-corrected chi connectivity index (χ2v) is 4.72. The Morgan fingerprint density at radius 2 is 2.24 bits per heavy atom. The van der Waals surface area contributed by atoms with Crippen LogP contribution in [0.2, 0.25) is 0 Å². The van der Waals surface area contributed by atoms with Gasteiger partial charge >= 0.3 is 0 Å². The minimum absolute atomic E-state index is 0.195. The first-order valence-corrected chi connectivity index (χ1v) is 6.60. The molecule has 0 aliphatic heterocycles. The maximum absolute atomic E-state index is 12.0. The number of benzene rings is 1. The molecule has 0 saturated carbocycles. The van der Waals surface area contributed by atoms with E-state index >= 15 is 0 Å². The standard InChI is InChI=1S/C15H15N5O/c1-11-8-13(19-18-11)15(21)17-9-12-4-2-3-5-14(12)20-7-6-16-10-20/h2-8,10H,9H2,1H3,(H,17,21)(H,18,19). The molecule has 106 valence electrons. The summed E-state index contributed by atoms with van der Waals surface area (Å²) in [6, 6.07) is 9.59. The molecule has 0 spiro atoms. The zero-order valence-electron chi connectivity index (χ0n) is 11.6. The summed E-state index contributed by atoms with van der Waals surface area (Å²) in [7, 11) is 0. The Kier molecular flexibility index (Phi) is 3.51. The van der Waals surface area contributed by atoms with E-state index in [4.69, 9.17) is 0 Å². The van der Waals surface area contributed by atoms with Crippen LogP contribution in [-0.4, -0.2) is 25.7 Å².